The van der Waals surface area contributed by atoms with Gasteiger partial charge in [0, 0.05) is 5.69 Å². The number of hydrogen-bond acceptors (Lipinski definition) is 2. The Morgan fingerprint density at radius 1 is 1.11 bits per heavy atom. The van der Waals surface area contributed by atoms with E-state index in [0.717, 1.165) is 28.7 Å². The fourth-order valence-corrected chi connectivity index (χ4v) is 2.26. The first kappa shape index (κ1) is 11.9. The maximum Gasteiger partial charge on any atom is 0.100 e. The van der Waals surface area contributed by atoms with Gasteiger partial charge < -0.3 is 5.11 Å². The van der Waals surface area contributed by atoms with Crippen LogP contribution in [-0.4, -0.2) is 14.7 Å². The first-order valence-electron chi connectivity index (χ1n) is 6.50. The maximum absolute atomic E-state index is 9.80. The van der Waals surface area contributed by atoms with Gasteiger partial charge in [-0.05, 0) is 36.2 Å². The Hall–Kier alpha value is -2.13. The Morgan fingerprint density at radius 2 is 1.84 bits per heavy atom. The molecule has 3 aromatic rings. The fourth-order valence-electron chi connectivity index (χ4n) is 2.26. The van der Waals surface area contributed by atoms with E-state index in [1.807, 2.05) is 55.7 Å². The lowest BCUT2D eigenvalue weighted by Crippen LogP contribution is -1.97. The molecule has 1 heterocycles. The third-order valence-corrected chi connectivity index (χ3v) is 3.40. The van der Waals surface area contributed by atoms with E-state index < -0.39 is 0 Å². The van der Waals surface area contributed by atoms with E-state index in [9.17, 15) is 5.11 Å². The molecule has 3 heteroatoms. The van der Waals surface area contributed by atoms with Crippen LogP contribution in [-0.2, 0) is 0 Å². The molecule has 1 N–H and O–H groups in total. The molecule has 1 aromatic heterocycles. The van der Waals surface area contributed by atoms with Crippen molar-refractivity contribution in [3.8, 4) is 5.69 Å². The van der Waals surface area contributed by atoms with Gasteiger partial charge in [0.2, 0.25) is 0 Å². The third-order valence-electron chi connectivity index (χ3n) is 3.40. The van der Waals surface area contributed by atoms with Gasteiger partial charge in [-0.3, -0.25) is 4.57 Å². The van der Waals surface area contributed by atoms with Gasteiger partial charge in [0.15, 0.2) is 0 Å². The van der Waals surface area contributed by atoms with Crippen molar-refractivity contribution in [2.75, 3.05) is 0 Å². The van der Waals surface area contributed by atoms with E-state index >= 15 is 0 Å². The topological polar surface area (TPSA) is 38.0 Å². The minimum atomic E-state index is -0.381. The lowest BCUT2D eigenvalue weighted by molar-refractivity contribution is 0.173. The summed E-state index contributed by atoms with van der Waals surface area (Å²) in [5.74, 6) is 0. The van der Waals surface area contributed by atoms with Gasteiger partial charge >= 0.3 is 0 Å². The van der Waals surface area contributed by atoms with Gasteiger partial charge in [0.05, 0.1) is 17.1 Å². The van der Waals surface area contributed by atoms with E-state index in [0.29, 0.717) is 0 Å². The lowest BCUT2D eigenvalue weighted by atomic mass is 10.1. The summed E-state index contributed by atoms with van der Waals surface area (Å²) in [6.07, 6.45) is 2.18. The van der Waals surface area contributed by atoms with Gasteiger partial charge in [-0.2, -0.15) is 0 Å². The van der Waals surface area contributed by atoms with Crippen LogP contribution in [0.25, 0.3) is 16.7 Å². The van der Waals surface area contributed by atoms with Gasteiger partial charge in [-0.25, -0.2) is 4.98 Å². The fraction of sp³-hybridized carbons (Fsp3) is 0.188. The quantitative estimate of drug-likeness (QED) is 0.775. The predicted octanol–water partition coefficient (Wildman–Crippen LogP) is 3.47. The zero-order valence-corrected chi connectivity index (χ0v) is 10.8. The van der Waals surface area contributed by atoms with Crippen molar-refractivity contribution in [3.05, 3.63) is 60.4 Å². The van der Waals surface area contributed by atoms with Crippen molar-refractivity contribution < 1.29 is 5.11 Å². The average Bonchev–Trinajstić information content (AvgIpc) is 2.90. The standard InChI is InChI=1S/C16H16N2O/c1-2-16(19)12-7-9-13(10-8-12)18-11-17-14-5-3-4-6-15(14)18/h3-11,16,19H,2H2,1H3. The van der Waals surface area contributed by atoms with Crippen molar-refractivity contribution in [1.82, 2.24) is 9.55 Å². The van der Waals surface area contributed by atoms with Crippen molar-refractivity contribution >= 4 is 11.0 Å². The summed E-state index contributed by atoms with van der Waals surface area (Å²) in [6.45, 7) is 1.97. The molecular weight excluding hydrogens is 236 g/mol. The number of rotatable bonds is 3. The monoisotopic (exact) mass is 252 g/mol. The molecule has 1 unspecified atom stereocenters. The van der Waals surface area contributed by atoms with Crippen molar-refractivity contribution in [3.63, 3.8) is 0 Å². The van der Waals surface area contributed by atoms with Crippen molar-refractivity contribution in [2.45, 2.75) is 19.4 Å². The van der Waals surface area contributed by atoms with Crippen molar-refractivity contribution in [2.24, 2.45) is 0 Å². The molecule has 0 aliphatic rings. The Bertz CT molecular complexity index is 685. The highest BCUT2D eigenvalue weighted by Gasteiger charge is 2.06. The molecule has 0 saturated carbocycles. The van der Waals surface area contributed by atoms with Crippen LogP contribution in [0, 0.1) is 0 Å². The van der Waals surface area contributed by atoms with Crippen LogP contribution in [0.15, 0.2) is 54.9 Å². The van der Waals surface area contributed by atoms with Crippen LogP contribution in [0.2, 0.25) is 0 Å². The zero-order valence-electron chi connectivity index (χ0n) is 10.8. The number of hydrogen-bond donors (Lipinski definition) is 1. The minimum Gasteiger partial charge on any atom is -0.388 e. The maximum atomic E-state index is 9.80. The largest absolute Gasteiger partial charge is 0.388 e. The highest BCUT2D eigenvalue weighted by Crippen LogP contribution is 2.21. The number of fused-ring (bicyclic) bond motifs is 1. The molecular formula is C16H16N2O. The second-order valence-corrected chi connectivity index (χ2v) is 4.62. The van der Waals surface area contributed by atoms with E-state index in [-0.39, 0.29) is 6.10 Å². The molecule has 0 fully saturated rings. The highest BCUT2D eigenvalue weighted by atomic mass is 16.3. The molecule has 96 valence electrons. The van der Waals surface area contributed by atoms with E-state index in [2.05, 4.69) is 15.6 Å². The number of para-hydroxylation sites is 2. The van der Waals surface area contributed by atoms with E-state index in [4.69, 9.17) is 0 Å². The molecule has 1 atom stereocenters. The van der Waals surface area contributed by atoms with Crippen LogP contribution in [0.3, 0.4) is 0 Å². The Labute approximate surface area is 112 Å². The molecule has 0 spiro atoms. The number of aliphatic hydroxyl groups is 1. The first-order chi connectivity index (χ1) is 9.29. The lowest BCUT2D eigenvalue weighted by Gasteiger charge is -2.09. The van der Waals surface area contributed by atoms with Crippen LogP contribution in [0.5, 0.6) is 0 Å². The summed E-state index contributed by atoms with van der Waals surface area (Å²) in [5.41, 5.74) is 4.09. The molecule has 3 rings (SSSR count). The molecule has 3 nitrogen and oxygen atoms in total. The average molecular weight is 252 g/mol. The van der Waals surface area contributed by atoms with Crippen LogP contribution in [0.4, 0.5) is 0 Å². The highest BCUT2D eigenvalue weighted by molar-refractivity contribution is 5.77. The van der Waals surface area contributed by atoms with Gasteiger partial charge in [-0.1, -0.05) is 31.2 Å². The summed E-state index contributed by atoms with van der Waals surface area (Å²) >= 11 is 0. The third kappa shape index (κ3) is 2.13. The molecule has 2 aromatic carbocycles. The summed E-state index contributed by atoms with van der Waals surface area (Å²) < 4.78 is 2.05. The minimum absolute atomic E-state index is 0.381. The Kier molecular flexibility index (Phi) is 3.05. The summed E-state index contributed by atoms with van der Waals surface area (Å²) in [5, 5.41) is 9.80. The summed E-state index contributed by atoms with van der Waals surface area (Å²) in [6, 6.07) is 16.0. The van der Waals surface area contributed by atoms with Crippen molar-refractivity contribution in [1.29, 1.82) is 0 Å². The molecule has 0 amide bonds. The van der Waals surface area contributed by atoms with E-state index in [1.165, 1.54) is 0 Å². The normalized spacial score (nSPS) is 12.7. The SMILES string of the molecule is CCC(O)c1ccc(-n2cnc3ccccc32)cc1. The molecule has 0 bridgehead atoms. The molecule has 0 saturated heterocycles. The zero-order chi connectivity index (χ0) is 13.2. The Morgan fingerprint density at radius 3 is 2.58 bits per heavy atom. The molecule has 0 aliphatic heterocycles. The van der Waals surface area contributed by atoms with Gasteiger partial charge in [-0.15, -0.1) is 0 Å². The second-order valence-electron chi connectivity index (χ2n) is 4.62. The molecule has 19 heavy (non-hydrogen) atoms. The van der Waals surface area contributed by atoms with Gasteiger partial charge in [0.1, 0.15) is 6.33 Å². The summed E-state index contributed by atoms with van der Waals surface area (Å²) in [4.78, 5) is 4.38. The second kappa shape index (κ2) is 4.86. The number of aromatic nitrogens is 2. The predicted molar refractivity (Wildman–Crippen MR) is 76.3 cm³/mol. The Balaban J connectivity index is 2.02. The number of benzene rings is 2. The van der Waals surface area contributed by atoms with Crippen LogP contribution < -0.4 is 0 Å². The number of aliphatic hydroxyl groups excluding tert-OH is 1. The number of imidazole rings is 1. The van der Waals surface area contributed by atoms with Crippen LogP contribution in [0.1, 0.15) is 25.0 Å². The smallest absolute Gasteiger partial charge is 0.100 e. The van der Waals surface area contributed by atoms with Crippen LogP contribution >= 0.6 is 0 Å². The van der Waals surface area contributed by atoms with E-state index in [1.54, 1.807) is 0 Å². The summed E-state index contributed by atoms with van der Waals surface area (Å²) in [7, 11) is 0. The van der Waals surface area contributed by atoms with Gasteiger partial charge in [0.25, 0.3) is 0 Å². The molecule has 0 aliphatic carbocycles. The number of nitrogens with zero attached hydrogens (tertiary/aromatic N) is 2. The first-order valence-corrected chi connectivity index (χ1v) is 6.50. The molecule has 0 radical (unpaired) electrons.